The molecule has 1 aliphatic heterocycles. The van der Waals surface area contributed by atoms with Gasteiger partial charge in [0.05, 0.1) is 5.41 Å². The average Bonchev–Trinajstić information content (AvgIpc) is 2.62. The highest BCUT2D eigenvalue weighted by atomic mass is 16.4. The van der Waals surface area contributed by atoms with E-state index in [1.165, 1.54) is 11.8 Å². The molecular formula is C10H17N3O4. The van der Waals surface area contributed by atoms with Crippen LogP contribution in [-0.2, 0) is 9.59 Å². The number of urea groups is 1. The summed E-state index contributed by atoms with van der Waals surface area (Å²) >= 11 is 0. The van der Waals surface area contributed by atoms with Crippen LogP contribution >= 0.6 is 0 Å². The number of likely N-dealkylation sites (tertiary alicyclic amines) is 1. The van der Waals surface area contributed by atoms with Crippen LogP contribution in [0, 0.1) is 5.41 Å². The molecule has 0 aromatic rings. The summed E-state index contributed by atoms with van der Waals surface area (Å²) in [4.78, 5) is 34.8. The Balaban J connectivity index is 2.57. The number of rotatable bonds is 3. The van der Waals surface area contributed by atoms with Crippen LogP contribution in [0.5, 0.6) is 0 Å². The fraction of sp³-hybridized carbons (Fsp3) is 0.700. The summed E-state index contributed by atoms with van der Waals surface area (Å²) in [6.45, 7) is 3.58. The van der Waals surface area contributed by atoms with Crippen LogP contribution in [0.15, 0.2) is 0 Å². The van der Waals surface area contributed by atoms with Gasteiger partial charge in [-0.2, -0.15) is 0 Å². The number of carbonyl (C=O) groups excluding carboxylic acids is 2. The van der Waals surface area contributed by atoms with Crippen molar-refractivity contribution in [1.29, 1.82) is 0 Å². The van der Waals surface area contributed by atoms with Crippen LogP contribution in [0.2, 0.25) is 0 Å². The number of carboxylic acid groups (broad SMARTS) is 1. The Kier molecular flexibility index (Phi) is 3.59. The molecule has 3 amide bonds. The Morgan fingerprint density at radius 3 is 2.47 bits per heavy atom. The van der Waals surface area contributed by atoms with Gasteiger partial charge in [-0.1, -0.05) is 0 Å². The summed E-state index contributed by atoms with van der Waals surface area (Å²) in [6.07, 6.45) is 0.403. The zero-order valence-electron chi connectivity index (χ0n) is 9.90. The Morgan fingerprint density at radius 2 is 2.06 bits per heavy atom. The lowest BCUT2D eigenvalue weighted by atomic mass is 9.90. The maximum absolute atomic E-state index is 11.7. The third-order valence-electron chi connectivity index (χ3n) is 3.04. The Bertz CT molecular complexity index is 357. The van der Waals surface area contributed by atoms with Crippen molar-refractivity contribution >= 4 is 17.9 Å². The van der Waals surface area contributed by atoms with Gasteiger partial charge in [-0.25, -0.2) is 4.79 Å². The second kappa shape index (κ2) is 4.60. The summed E-state index contributed by atoms with van der Waals surface area (Å²) in [5.74, 6) is -1.55. The van der Waals surface area contributed by atoms with E-state index < -0.39 is 29.4 Å². The van der Waals surface area contributed by atoms with E-state index in [0.717, 1.165) is 0 Å². The first kappa shape index (κ1) is 13.3. The average molecular weight is 243 g/mol. The summed E-state index contributed by atoms with van der Waals surface area (Å²) < 4.78 is 0. The van der Waals surface area contributed by atoms with Gasteiger partial charge in [-0.05, 0) is 20.3 Å². The topological polar surface area (TPSA) is 113 Å². The minimum atomic E-state index is -0.921. The highest BCUT2D eigenvalue weighted by molar-refractivity contribution is 5.86. The Labute approximate surface area is 98.9 Å². The first-order valence-corrected chi connectivity index (χ1v) is 5.34. The molecule has 1 rings (SSSR count). The largest absolute Gasteiger partial charge is 0.481 e. The van der Waals surface area contributed by atoms with Gasteiger partial charge in [-0.3, -0.25) is 9.59 Å². The molecule has 0 aromatic heterocycles. The van der Waals surface area contributed by atoms with Gasteiger partial charge < -0.3 is 21.1 Å². The summed E-state index contributed by atoms with van der Waals surface area (Å²) in [5, 5.41) is 11.4. The van der Waals surface area contributed by atoms with Gasteiger partial charge in [-0.15, -0.1) is 0 Å². The summed E-state index contributed by atoms with van der Waals surface area (Å²) in [7, 11) is 0. The molecule has 96 valence electrons. The van der Waals surface area contributed by atoms with E-state index in [1.807, 2.05) is 0 Å². The molecule has 2 atom stereocenters. The number of nitrogens with zero attached hydrogens (tertiary/aromatic N) is 1. The van der Waals surface area contributed by atoms with Crippen molar-refractivity contribution in [2.75, 3.05) is 13.1 Å². The normalized spacial score (nSPS) is 25.4. The van der Waals surface area contributed by atoms with Gasteiger partial charge in [0, 0.05) is 13.1 Å². The molecule has 7 nitrogen and oxygen atoms in total. The fourth-order valence-electron chi connectivity index (χ4n) is 1.66. The van der Waals surface area contributed by atoms with E-state index >= 15 is 0 Å². The quantitative estimate of drug-likeness (QED) is 0.612. The molecule has 1 fully saturated rings. The summed E-state index contributed by atoms with van der Waals surface area (Å²) in [6, 6.07) is -1.22. The fourth-order valence-corrected chi connectivity index (χ4v) is 1.66. The number of carboxylic acids is 1. The van der Waals surface area contributed by atoms with Gasteiger partial charge in [0.2, 0.25) is 5.91 Å². The lowest BCUT2D eigenvalue weighted by Crippen LogP contribution is -2.48. The lowest BCUT2D eigenvalue weighted by Gasteiger charge is -2.21. The summed E-state index contributed by atoms with van der Waals surface area (Å²) in [5.41, 5.74) is 4.11. The van der Waals surface area contributed by atoms with E-state index in [-0.39, 0.29) is 6.54 Å². The molecule has 1 saturated heterocycles. The molecule has 0 bridgehead atoms. The van der Waals surface area contributed by atoms with Crippen LogP contribution in [0.4, 0.5) is 4.79 Å². The number of nitrogens with one attached hydrogen (secondary N) is 1. The van der Waals surface area contributed by atoms with Gasteiger partial charge >= 0.3 is 12.0 Å². The Morgan fingerprint density at radius 1 is 1.47 bits per heavy atom. The van der Waals surface area contributed by atoms with Gasteiger partial charge in [0.25, 0.3) is 0 Å². The van der Waals surface area contributed by atoms with E-state index in [4.69, 9.17) is 10.8 Å². The third kappa shape index (κ3) is 2.86. The second-order valence-corrected chi connectivity index (χ2v) is 4.61. The van der Waals surface area contributed by atoms with Crippen LogP contribution in [0.1, 0.15) is 20.3 Å². The molecule has 0 aromatic carbocycles. The molecule has 0 aliphatic carbocycles. The number of carbonyl (C=O) groups is 3. The number of primary amides is 1. The maximum Gasteiger partial charge on any atom is 0.318 e. The number of aliphatic carboxylic acids is 1. The molecule has 7 heteroatoms. The maximum atomic E-state index is 11.7. The van der Waals surface area contributed by atoms with Crippen molar-refractivity contribution in [3.05, 3.63) is 0 Å². The molecule has 0 radical (unpaired) electrons. The van der Waals surface area contributed by atoms with Gasteiger partial charge in [0.1, 0.15) is 6.04 Å². The van der Waals surface area contributed by atoms with E-state index in [2.05, 4.69) is 5.32 Å². The van der Waals surface area contributed by atoms with E-state index in [9.17, 15) is 14.4 Å². The monoisotopic (exact) mass is 243 g/mol. The molecule has 1 heterocycles. The van der Waals surface area contributed by atoms with Crippen LogP contribution in [0.3, 0.4) is 0 Å². The predicted octanol–water partition coefficient (Wildman–Crippen LogP) is -0.634. The first-order valence-electron chi connectivity index (χ1n) is 5.34. The highest BCUT2D eigenvalue weighted by Crippen LogP contribution is 2.29. The van der Waals surface area contributed by atoms with Crippen molar-refractivity contribution in [2.24, 2.45) is 11.1 Å². The molecule has 17 heavy (non-hydrogen) atoms. The molecular weight excluding hydrogens is 226 g/mol. The molecule has 0 spiro atoms. The molecule has 2 unspecified atom stereocenters. The Hall–Kier alpha value is -1.79. The lowest BCUT2D eigenvalue weighted by molar-refractivity contribution is -0.147. The minimum Gasteiger partial charge on any atom is -0.481 e. The first-order chi connectivity index (χ1) is 7.76. The van der Waals surface area contributed by atoms with Crippen molar-refractivity contribution in [3.63, 3.8) is 0 Å². The SMILES string of the molecule is CC(NC(=O)N1CCC(C)(C(=O)O)C1)C(N)=O. The molecule has 4 N–H and O–H groups in total. The standard InChI is InChI=1S/C10H17N3O4/c1-6(7(11)14)12-9(17)13-4-3-10(2,5-13)8(15)16/h6H,3-5H2,1-2H3,(H2,11,14)(H,12,17)(H,15,16). The number of nitrogens with two attached hydrogens (primary N) is 1. The van der Waals surface area contributed by atoms with Crippen molar-refractivity contribution in [2.45, 2.75) is 26.3 Å². The van der Waals surface area contributed by atoms with Crippen molar-refractivity contribution in [3.8, 4) is 0 Å². The zero-order valence-corrected chi connectivity index (χ0v) is 9.90. The highest BCUT2D eigenvalue weighted by Gasteiger charge is 2.42. The van der Waals surface area contributed by atoms with E-state index in [0.29, 0.717) is 13.0 Å². The van der Waals surface area contributed by atoms with Crippen molar-refractivity contribution < 1.29 is 19.5 Å². The van der Waals surface area contributed by atoms with E-state index in [1.54, 1.807) is 6.92 Å². The predicted molar refractivity (Wildman–Crippen MR) is 59.1 cm³/mol. The minimum absolute atomic E-state index is 0.139. The second-order valence-electron chi connectivity index (χ2n) is 4.61. The molecule has 1 aliphatic rings. The number of amides is 3. The van der Waals surface area contributed by atoms with Gasteiger partial charge in [0.15, 0.2) is 0 Å². The third-order valence-corrected chi connectivity index (χ3v) is 3.04. The zero-order chi connectivity index (χ0) is 13.2. The number of hydrogen-bond donors (Lipinski definition) is 3. The van der Waals surface area contributed by atoms with Crippen LogP contribution in [0.25, 0.3) is 0 Å². The van der Waals surface area contributed by atoms with Crippen molar-refractivity contribution in [1.82, 2.24) is 10.2 Å². The smallest absolute Gasteiger partial charge is 0.318 e. The van der Waals surface area contributed by atoms with Crippen LogP contribution < -0.4 is 11.1 Å². The van der Waals surface area contributed by atoms with Crippen LogP contribution in [-0.4, -0.2) is 47.0 Å². The number of hydrogen-bond acceptors (Lipinski definition) is 3. The molecule has 0 saturated carbocycles.